The van der Waals surface area contributed by atoms with Crippen molar-refractivity contribution >= 4 is 21.8 Å². The van der Waals surface area contributed by atoms with Gasteiger partial charge in [0, 0.05) is 24.1 Å². The third kappa shape index (κ3) is 3.79. The standard InChI is InChI=1S/C15H20BrFN2O/c1-18(2)10-11-5-7-19(8-6-11)15(20)13-4-3-12(16)9-14(13)17/h3-4,9,11H,5-8,10H2,1-2H3. The van der Waals surface area contributed by atoms with Gasteiger partial charge in [-0.1, -0.05) is 15.9 Å². The quantitative estimate of drug-likeness (QED) is 0.842. The molecule has 2 rings (SSSR count). The van der Waals surface area contributed by atoms with Crippen LogP contribution >= 0.6 is 15.9 Å². The first-order chi connectivity index (χ1) is 9.47. The van der Waals surface area contributed by atoms with Crippen LogP contribution in [0, 0.1) is 11.7 Å². The zero-order chi connectivity index (χ0) is 14.7. The van der Waals surface area contributed by atoms with Crippen LogP contribution < -0.4 is 0 Å². The molecule has 0 radical (unpaired) electrons. The Morgan fingerprint density at radius 2 is 2.05 bits per heavy atom. The van der Waals surface area contributed by atoms with Crippen molar-refractivity contribution in [1.29, 1.82) is 0 Å². The summed E-state index contributed by atoms with van der Waals surface area (Å²) in [7, 11) is 4.13. The first-order valence-electron chi connectivity index (χ1n) is 6.86. The fraction of sp³-hybridized carbons (Fsp3) is 0.533. The highest BCUT2D eigenvalue weighted by Crippen LogP contribution is 2.22. The summed E-state index contributed by atoms with van der Waals surface area (Å²) in [4.78, 5) is 16.3. The van der Waals surface area contributed by atoms with Gasteiger partial charge in [0.2, 0.25) is 0 Å². The highest BCUT2D eigenvalue weighted by atomic mass is 79.9. The van der Waals surface area contributed by atoms with Crippen molar-refractivity contribution in [3.8, 4) is 0 Å². The Hall–Kier alpha value is -0.940. The second-order valence-electron chi connectivity index (χ2n) is 5.62. The maximum atomic E-state index is 13.8. The molecule has 1 heterocycles. The van der Waals surface area contributed by atoms with Crippen molar-refractivity contribution in [2.45, 2.75) is 12.8 Å². The van der Waals surface area contributed by atoms with Gasteiger partial charge in [0.1, 0.15) is 5.82 Å². The van der Waals surface area contributed by atoms with Crippen LogP contribution in [0.1, 0.15) is 23.2 Å². The maximum Gasteiger partial charge on any atom is 0.256 e. The van der Waals surface area contributed by atoms with E-state index in [1.807, 2.05) is 0 Å². The van der Waals surface area contributed by atoms with Crippen LogP contribution in [0.5, 0.6) is 0 Å². The lowest BCUT2D eigenvalue weighted by molar-refractivity contribution is 0.0673. The number of benzene rings is 1. The number of likely N-dealkylation sites (tertiary alicyclic amines) is 1. The molecule has 0 N–H and O–H groups in total. The minimum absolute atomic E-state index is 0.166. The monoisotopic (exact) mass is 342 g/mol. The fourth-order valence-corrected chi connectivity index (χ4v) is 3.00. The lowest BCUT2D eigenvalue weighted by Gasteiger charge is -2.33. The molecular weight excluding hydrogens is 323 g/mol. The molecule has 1 fully saturated rings. The van der Waals surface area contributed by atoms with Gasteiger partial charge in [0.05, 0.1) is 5.56 Å². The number of amides is 1. The minimum atomic E-state index is -0.459. The van der Waals surface area contributed by atoms with Gasteiger partial charge >= 0.3 is 0 Å². The van der Waals surface area contributed by atoms with Gasteiger partial charge in [0.25, 0.3) is 5.91 Å². The van der Waals surface area contributed by atoms with Crippen molar-refractivity contribution < 1.29 is 9.18 Å². The molecule has 0 bridgehead atoms. The van der Waals surface area contributed by atoms with Gasteiger partial charge in [-0.15, -0.1) is 0 Å². The summed E-state index contributed by atoms with van der Waals surface area (Å²) >= 11 is 3.20. The Labute approximate surface area is 127 Å². The molecule has 0 spiro atoms. The zero-order valence-electron chi connectivity index (χ0n) is 11.9. The van der Waals surface area contributed by atoms with Crippen LogP contribution in [0.2, 0.25) is 0 Å². The average Bonchev–Trinajstić information content (AvgIpc) is 2.38. The molecular formula is C15H20BrFN2O. The fourth-order valence-electron chi connectivity index (χ4n) is 2.67. The summed E-state index contributed by atoms with van der Waals surface area (Å²) in [6, 6.07) is 4.59. The van der Waals surface area contributed by atoms with Crippen molar-refractivity contribution in [2.24, 2.45) is 5.92 Å². The van der Waals surface area contributed by atoms with Crippen molar-refractivity contribution in [3.05, 3.63) is 34.1 Å². The number of hydrogen-bond acceptors (Lipinski definition) is 2. The molecule has 1 saturated heterocycles. The SMILES string of the molecule is CN(C)CC1CCN(C(=O)c2ccc(Br)cc2F)CC1. The van der Waals surface area contributed by atoms with Crippen LogP contribution in [0.4, 0.5) is 4.39 Å². The summed E-state index contributed by atoms with van der Waals surface area (Å²) in [5.74, 6) is -0.0260. The van der Waals surface area contributed by atoms with Crippen LogP contribution in [-0.2, 0) is 0 Å². The van der Waals surface area contributed by atoms with E-state index in [9.17, 15) is 9.18 Å². The molecule has 1 amide bonds. The van der Waals surface area contributed by atoms with E-state index in [0.29, 0.717) is 23.5 Å². The predicted molar refractivity (Wildman–Crippen MR) is 81.3 cm³/mol. The molecule has 0 aromatic heterocycles. The van der Waals surface area contributed by atoms with Crippen molar-refractivity contribution in [1.82, 2.24) is 9.80 Å². The van der Waals surface area contributed by atoms with E-state index in [2.05, 4.69) is 34.9 Å². The Kier molecular flexibility index (Phi) is 5.16. The predicted octanol–water partition coefficient (Wildman–Crippen LogP) is 3.00. The van der Waals surface area contributed by atoms with Crippen LogP contribution in [0.25, 0.3) is 0 Å². The third-order valence-corrected chi connectivity index (χ3v) is 4.18. The lowest BCUT2D eigenvalue weighted by Crippen LogP contribution is -2.40. The number of halogens is 2. The van der Waals surface area contributed by atoms with Gasteiger partial charge in [-0.05, 0) is 51.1 Å². The molecule has 0 unspecified atom stereocenters. The van der Waals surface area contributed by atoms with E-state index in [1.54, 1.807) is 17.0 Å². The maximum absolute atomic E-state index is 13.8. The van der Waals surface area contributed by atoms with Crippen LogP contribution in [0.15, 0.2) is 22.7 Å². The third-order valence-electron chi connectivity index (χ3n) is 3.69. The van der Waals surface area contributed by atoms with Crippen LogP contribution in [0.3, 0.4) is 0 Å². The summed E-state index contributed by atoms with van der Waals surface area (Å²) in [6.07, 6.45) is 1.98. The Balaban J connectivity index is 1.98. The molecule has 20 heavy (non-hydrogen) atoms. The highest BCUT2D eigenvalue weighted by molar-refractivity contribution is 9.10. The second-order valence-corrected chi connectivity index (χ2v) is 6.54. The van der Waals surface area contributed by atoms with Gasteiger partial charge in [-0.3, -0.25) is 4.79 Å². The molecule has 1 aliphatic heterocycles. The molecule has 0 aliphatic carbocycles. The highest BCUT2D eigenvalue weighted by Gasteiger charge is 2.25. The first kappa shape index (κ1) is 15.4. The van der Waals surface area contributed by atoms with E-state index in [4.69, 9.17) is 0 Å². The largest absolute Gasteiger partial charge is 0.339 e. The second kappa shape index (κ2) is 6.68. The van der Waals surface area contributed by atoms with E-state index in [-0.39, 0.29) is 11.5 Å². The number of piperidine rings is 1. The molecule has 0 saturated carbocycles. The average molecular weight is 343 g/mol. The summed E-state index contributed by atoms with van der Waals surface area (Å²) in [5.41, 5.74) is 0.166. The Morgan fingerprint density at radius 1 is 1.40 bits per heavy atom. The van der Waals surface area contributed by atoms with E-state index in [0.717, 1.165) is 19.4 Å². The van der Waals surface area contributed by atoms with Gasteiger partial charge in [0.15, 0.2) is 0 Å². The lowest BCUT2D eigenvalue weighted by atomic mass is 9.96. The normalized spacial score (nSPS) is 16.8. The number of hydrogen-bond donors (Lipinski definition) is 0. The Morgan fingerprint density at radius 3 is 2.60 bits per heavy atom. The minimum Gasteiger partial charge on any atom is -0.339 e. The van der Waals surface area contributed by atoms with Crippen molar-refractivity contribution in [2.75, 3.05) is 33.7 Å². The molecule has 5 heteroatoms. The summed E-state index contributed by atoms with van der Waals surface area (Å²) < 4.78 is 14.5. The van der Waals surface area contributed by atoms with Gasteiger partial charge < -0.3 is 9.80 Å². The molecule has 1 aromatic carbocycles. The number of nitrogens with zero attached hydrogens (tertiary/aromatic N) is 2. The Bertz CT molecular complexity index is 485. The summed E-state index contributed by atoms with van der Waals surface area (Å²) in [6.45, 7) is 2.48. The van der Waals surface area contributed by atoms with Crippen molar-refractivity contribution in [3.63, 3.8) is 0 Å². The van der Waals surface area contributed by atoms with E-state index < -0.39 is 5.82 Å². The summed E-state index contributed by atoms with van der Waals surface area (Å²) in [5, 5.41) is 0. The van der Waals surface area contributed by atoms with E-state index >= 15 is 0 Å². The smallest absolute Gasteiger partial charge is 0.256 e. The molecule has 0 atom stereocenters. The van der Waals surface area contributed by atoms with E-state index in [1.165, 1.54) is 6.07 Å². The van der Waals surface area contributed by atoms with Gasteiger partial charge in [-0.2, -0.15) is 0 Å². The number of carbonyl (C=O) groups excluding carboxylic acids is 1. The molecule has 1 aromatic rings. The van der Waals surface area contributed by atoms with Gasteiger partial charge in [-0.25, -0.2) is 4.39 Å². The van der Waals surface area contributed by atoms with Crippen LogP contribution in [-0.4, -0.2) is 49.4 Å². The number of carbonyl (C=O) groups is 1. The molecule has 3 nitrogen and oxygen atoms in total. The number of rotatable bonds is 3. The molecule has 1 aliphatic rings. The topological polar surface area (TPSA) is 23.6 Å². The zero-order valence-corrected chi connectivity index (χ0v) is 13.5. The first-order valence-corrected chi connectivity index (χ1v) is 7.65. The molecule has 110 valence electrons.